The Morgan fingerprint density at radius 3 is 1.59 bits per heavy atom. The molecule has 0 aliphatic heterocycles. The summed E-state index contributed by atoms with van der Waals surface area (Å²) in [4.78, 5) is 8.81. The van der Waals surface area contributed by atoms with Crippen LogP contribution in [-0.2, 0) is 4.84 Å². The molecular formula is C29H38N2O. The summed E-state index contributed by atoms with van der Waals surface area (Å²) in [6, 6.07) is 32.5. The molecule has 0 radical (unpaired) electrons. The minimum absolute atomic E-state index is 0.195. The molecule has 0 aliphatic rings. The van der Waals surface area contributed by atoms with Crippen molar-refractivity contribution in [2.45, 2.75) is 39.2 Å². The minimum atomic E-state index is 0.195. The minimum Gasteiger partial charge on any atom is -0.302 e. The van der Waals surface area contributed by atoms with Gasteiger partial charge in [-0.15, -0.1) is 0 Å². The molecule has 32 heavy (non-hydrogen) atoms. The van der Waals surface area contributed by atoms with Gasteiger partial charge in [-0.3, -0.25) is 4.84 Å². The molecule has 0 heterocycles. The van der Waals surface area contributed by atoms with Crippen molar-refractivity contribution >= 4 is 0 Å². The lowest BCUT2D eigenvalue weighted by Crippen LogP contribution is -2.34. The molecule has 0 bridgehead atoms. The van der Waals surface area contributed by atoms with Crippen LogP contribution in [0.5, 0.6) is 0 Å². The molecule has 3 heteroatoms. The monoisotopic (exact) mass is 430 g/mol. The fourth-order valence-electron chi connectivity index (χ4n) is 4.25. The van der Waals surface area contributed by atoms with Gasteiger partial charge < -0.3 is 4.90 Å². The van der Waals surface area contributed by atoms with E-state index in [2.05, 4.69) is 122 Å². The van der Waals surface area contributed by atoms with Crippen molar-refractivity contribution in [1.29, 1.82) is 0 Å². The lowest BCUT2D eigenvalue weighted by Gasteiger charge is -2.31. The van der Waals surface area contributed by atoms with Crippen LogP contribution in [-0.4, -0.2) is 42.7 Å². The molecule has 0 saturated heterocycles. The smallest absolute Gasteiger partial charge is 0.0812 e. The van der Waals surface area contributed by atoms with E-state index in [-0.39, 0.29) is 6.04 Å². The van der Waals surface area contributed by atoms with Gasteiger partial charge in [0.05, 0.1) is 12.6 Å². The topological polar surface area (TPSA) is 15.7 Å². The summed E-state index contributed by atoms with van der Waals surface area (Å²) < 4.78 is 0. The number of hydroxylamine groups is 2. The van der Waals surface area contributed by atoms with Gasteiger partial charge in [0.2, 0.25) is 0 Å². The molecule has 0 unspecified atom stereocenters. The van der Waals surface area contributed by atoms with E-state index in [0.717, 1.165) is 32.6 Å². The van der Waals surface area contributed by atoms with Crippen molar-refractivity contribution in [1.82, 2.24) is 9.96 Å². The van der Waals surface area contributed by atoms with E-state index in [4.69, 9.17) is 4.84 Å². The quantitative estimate of drug-likeness (QED) is 0.286. The van der Waals surface area contributed by atoms with E-state index in [1.807, 2.05) is 0 Å². The van der Waals surface area contributed by atoms with E-state index in [9.17, 15) is 0 Å². The number of nitrogens with zero attached hydrogens (tertiary/aromatic N) is 2. The molecule has 0 aliphatic carbocycles. The first-order chi connectivity index (χ1) is 15.7. The van der Waals surface area contributed by atoms with E-state index in [0.29, 0.717) is 12.5 Å². The van der Waals surface area contributed by atoms with Crippen LogP contribution in [0.3, 0.4) is 0 Å². The van der Waals surface area contributed by atoms with Crippen LogP contribution >= 0.6 is 0 Å². The van der Waals surface area contributed by atoms with Crippen molar-refractivity contribution in [3.63, 3.8) is 0 Å². The van der Waals surface area contributed by atoms with Gasteiger partial charge >= 0.3 is 0 Å². The number of likely N-dealkylation sites (N-methyl/N-ethyl adjacent to an activating group) is 1. The zero-order valence-electron chi connectivity index (χ0n) is 19.9. The van der Waals surface area contributed by atoms with Crippen molar-refractivity contribution in [3.8, 4) is 0 Å². The Labute approximate surface area is 194 Å². The van der Waals surface area contributed by atoms with Gasteiger partial charge in [-0.25, -0.2) is 0 Å². The van der Waals surface area contributed by atoms with Crippen LogP contribution in [0, 0.1) is 0 Å². The maximum absolute atomic E-state index is 6.41. The first-order valence-electron chi connectivity index (χ1n) is 12.0. The second-order valence-electron chi connectivity index (χ2n) is 8.25. The molecule has 0 fully saturated rings. The third kappa shape index (κ3) is 7.03. The molecule has 0 amide bonds. The average Bonchev–Trinajstić information content (AvgIpc) is 2.87. The van der Waals surface area contributed by atoms with Gasteiger partial charge in [0.1, 0.15) is 0 Å². The zero-order valence-corrected chi connectivity index (χ0v) is 19.9. The first-order valence-corrected chi connectivity index (χ1v) is 12.0. The molecule has 170 valence electrons. The Morgan fingerprint density at radius 2 is 1.12 bits per heavy atom. The number of benzene rings is 3. The Bertz CT molecular complexity index is 826. The first kappa shape index (κ1) is 24.2. The standard InChI is InChI=1S/C29H38N2O/c1-4-30(5-2)23-24-32-31(25(3)26-15-9-6-10-16-26)22-21-29(27-17-11-7-12-18-27)28-19-13-8-14-20-28/h6-20,25,29H,4-5,21-24H2,1-3H3/t25-/m0/s1. The fraction of sp³-hybridized carbons (Fsp3) is 0.379. The van der Waals surface area contributed by atoms with Gasteiger partial charge in [0.15, 0.2) is 0 Å². The molecule has 3 rings (SSSR count). The number of rotatable bonds is 13. The molecule has 0 spiro atoms. The van der Waals surface area contributed by atoms with Crippen molar-refractivity contribution in [2.75, 3.05) is 32.8 Å². The molecule has 0 aromatic heterocycles. The van der Waals surface area contributed by atoms with Gasteiger partial charge in [0.25, 0.3) is 0 Å². The highest BCUT2D eigenvalue weighted by Gasteiger charge is 2.21. The van der Waals surface area contributed by atoms with Crippen LogP contribution in [0.25, 0.3) is 0 Å². The fourth-order valence-corrected chi connectivity index (χ4v) is 4.25. The van der Waals surface area contributed by atoms with Gasteiger partial charge in [-0.1, -0.05) is 105 Å². The molecule has 0 saturated carbocycles. The molecule has 3 aromatic rings. The second kappa shape index (κ2) is 13.2. The molecule has 3 aromatic carbocycles. The van der Waals surface area contributed by atoms with E-state index in [1.165, 1.54) is 16.7 Å². The summed E-state index contributed by atoms with van der Waals surface area (Å²) in [6.45, 7) is 11.3. The third-order valence-electron chi connectivity index (χ3n) is 6.32. The van der Waals surface area contributed by atoms with Gasteiger partial charge in [-0.05, 0) is 43.1 Å². The van der Waals surface area contributed by atoms with Crippen LogP contribution < -0.4 is 0 Å². The normalized spacial score (nSPS) is 12.6. The average molecular weight is 431 g/mol. The Hall–Kier alpha value is -2.46. The number of hydrogen-bond donors (Lipinski definition) is 0. The van der Waals surface area contributed by atoms with Crippen molar-refractivity contribution < 1.29 is 4.84 Å². The largest absolute Gasteiger partial charge is 0.302 e. The molecule has 3 nitrogen and oxygen atoms in total. The predicted octanol–water partition coefficient (Wildman–Crippen LogP) is 6.55. The summed E-state index contributed by atoms with van der Waals surface area (Å²) in [5.74, 6) is 0.342. The van der Waals surface area contributed by atoms with E-state index < -0.39 is 0 Å². The highest BCUT2D eigenvalue weighted by atomic mass is 16.7. The third-order valence-corrected chi connectivity index (χ3v) is 6.32. The van der Waals surface area contributed by atoms with E-state index >= 15 is 0 Å². The SMILES string of the molecule is CCN(CC)CCON(CCC(c1ccccc1)c1ccccc1)[C@@H](C)c1ccccc1. The zero-order chi connectivity index (χ0) is 22.6. The van der Waals surface area contributed by atoms with Crippen LogP contribution in [0.2, 0.25) is 0 Å². The lowest BCUT2D eigenvalue weighted by molar-refractivity contribution is -0.188. The highest BCUT2D eigenvalue weighted by Crippen LogP contribution is 2.30. The highest BCUT2D eigenvalue weighted by molar-refractivity contribution is 5.32. The predicted molar refractivity (Wildman–Crippen MR) is 135 cm³/mol. The summed E-state index contributed by atoms with van der Waals surface area (Å²) in [7, 11) is 0. The molecular weight excluding hydrogens is 392 g/mol. The maximum atomic E-state index is 6.41. The molecule has 1 atom stereocenters. The maximum Gasteiger partial charge on any atom is 0.0812 e. The van der Waals surface area contributed by atoms with Crippen LogP contribution in [0.15, 0.2) is 91.0 Å². The lowest BCUT2D eigenvalue weighted by atomic mass is 9.88. The van der Waals surface area contributed by atoms with Gasteiger partial charge in [0, 0.05) is 19.0 Å². The van der Waals surface area contributed by atoms with E-state index in [1.54, 1.807) is 0 Å². The molecule has 0 N–H and O–H groups in total. The van der Waals surface area contributed by atoms with Crippen LogP contribution in [0.4, 0.5) is 0 Å². The summed E-state index contributed by atoms with van der Waals surface area (Å²) in [5.41, 5.74) is 4.00. The van der Waals surface area contributed by atoms with Crippen molar-refractivity contribution in [2.24, 2.45) is 0 Å². The van der Waals surface area contributed by atoms with Crippen LogP contribution in [0.1, 0.15) is 55.8 Å². The second-order valence-corrected chi connectivity index (χ2v) is 8.25. The number of hydrogen-bond acceptors (Lipinski definition) is 3. The Balaban J connectivity index is 1.75. The summed E-state index contributed by atoms with van der Waals surface area (Å²) in [5, 5.41) is 2.19. The van der Waals surface area contributed by atoms with Crippen molar-refractivity contribution in [3.05, 3.63) is 108 Å². The Kier molecular flexibility index (Phi) is 9.96. The summed E-state index contributed by atoms with van der Waals surface area (Å²) >= 11 is 0. The Morgan fingerprint density at radius 1 is 0.656 bits per heavy atom. The summed E-state index contributed by atoms with van der Waals surface area (Å²) in [6.07, 6.45) is 0.996. The van der Waals surface area contributed by atoms with Gasteiger partial charge in [-0.2, -0.15) is 5.06 Å².